The molecule has 0 aliphatic heterocycles. The normalized spacial score (nSPS) is 13.7. The highest BCUT2D eigenvalue weighted by atomic mass is 32.1. The van der Waals surface area contributed by atoms with Crippen molar-refractivity contribution in [1.82, 2.24) is 10.6 Å². The lowest BCUT2D eigenvalue weighted by molar-refractivity contribution is -0.142. The van der Waals surface area contributed by atoms with Crippen LogP contribution < -0.4 is 33.6 Å². The average molecular weight is 405 g/mol. The van der Waals surface area contributed by atoms with E-state index in [1.54, 1.807) is 0 Å². The van der Waals surface area contributed by atoms with E-state index in [9.17, 15) is 19.2 Å². The molecule has 3 amide bonds. The predicted octanol–water partition coefficient (Wildman–Crippen LogP) is -3.38. The lowest BCUT2D eigenvalue weighted by Crippen LogP contribution is -2.55. The Labute approximate surface area is 161 Å². The van der Waals surface area contributed by atoms with Crippen molar-refractivity contribution in [3.8, 4) is 0 Å². The first-order valence-corrected chi connectivity index (χ1v) is 8.75. The third-order valence-electron chi connectivity index (χ3n) is 3.41. The molecular formula is C14H27N7O5S. The summed E-state index contributed by atoms with van der Waals surface area (Å²) in [4.78, 5) is 50.0. The maximum atomic E-state index is 12.2. The van der Waals surface area contributed by atoms with Gasteiger partial charge in [-0.3, -0.25) is 19.4 Å². The van der Waals surface area contributed by atoms with Crippen LogP contribution in [-0.2, 0) is 19.2 Å². The molecule has 11 N–H and O–H groups in total. The van der Waals surface area contributed by atoms with E-state index < -0.39 is 41.8 Å². The molecule has 12 nitrogen and oxygen atoms in total. The van der Waals surface area contributed by atoms with Gasteiger partial charge in [0.05, 0.1) is 6.04 Å². The molecule has 0 aromatic carbocycles. The number of nitrogens with two attached hydrogens (primary N) is 4. The van der Waals surface area contributed by atoms with Gasteiger partial charge in [0.15, 0.2) is 5.96 Å². The van der Waals surface area contributed by atoms with Gasteiger partial charge in [0, 0.05) is 18.7 Å². The summed E-state index contributed by atoms with van der Waals surface area (Å²) < 4.78 is 0. The monoisotopic (exact) mass is 405 g/mol. The smallest absolute Gasteiger partial charge is 0.326 e. The van der Waals surface area contributed by atoms with E-state index in [1.165, 1.54) is 0 Å². The largest absolute Gasteiger partial charge is 0.480 e. The molecule has 0 rings (SSSR count). The van der Waals surface area contributed by atoms with Crippen molar-refractivity contribution in [3.05, 3.63) is 0 Å². The van der Waals surface area contributed by atoms with Gasteiger partial charge in [0.25, 0.3) is 0 Å². The highest BCUT2D eigenvalue weighted by Gasteiger charge is 2.27. The Kier molecular flexibility index (Phi) is 11.6. The molecular weight excluding hydrogens is 378 g/mol. The SMILES string of the molecule is NC(=O)CCC(NC(=O)C(CS)NC(=O)C(N)CCCN=C(N)N)C(=O)O. The van der Waals surface area contributed by atoms with Gasteiger partial charge in [0.2, 0.25) is 17.7 Å². The lowest BCUT2D eigenvalue weighted by atomic mass is 10.1. The van der Waals surface area contributed by atoms with Crippen LogP contribution in [0.1, 0.15) is 25.7 Å². The predicted molar refractivity (Wildman–Crippen MR) is 102 cm³/mol. The lowest BCUT2D eigenvalue weighted by Gasteiger charge is -2.21. The van der Waals surface area contributed by atoms with Gasteiger partial charge in [-0.15, -0.1) is 0 Å². The number of carbonyl (C=O) groups is 4. The molecule has 0 aliphatic carbocycles. The fourth-order valence-corrected chi connectivity index (χ4v) is 2.20. The van der Waals surface area contributed by atoms with Crippen LogP contribution in [0.4, 0.5) is 0 Å². The number of rotatable bonds is 13. The van der Waals surface area contributed by atoms with Crippen LogP contribution in [-0.4, -0.2) is 65.2 Å². The van der Waals surface area contributed by atoms with Crippen molar-refractivity contribution in [2.45, 2.75) is 43.8 Å². The summed E-state index contributed by atoms with van der Waals surface area (Å²) in [5.41, 5.74) is 21.1. The molecule has 154 valence electrons. The molecule has 27 heavy (non-hydrogen) atoms. The Morgan fingerprint density at radius 2 is 1.59 bits per heavy atom. The molecule has 0 spiro atoms. The summed E-state index contributed by atoms with van der Waals surface area (Å²) in [6.07, 6.45) is 0.349. The molecule has 0 aromatic rings. The number of primary amides is 1. The Balaban J connectivity index is 4.63. The number of aliphatic imine (C=N–C) groups is 1. The summed E-state index contributed by atoms with van der Waals surface area (Å²) in [5.74, 6) is -3.53. The molecule has 0 fully saturated rings. The van der Waals surface area contributed by atoms with Crippen molar-refractivity contribution < 1.29 is 24.3 Å². The molecule has 0 aliphatic rings. The zero-order valence-corrected chi connectivity index (χ0v) is 15.7. The number of thiol groups is 1. The molecule has 0 bridgehead atoms. The number of carboxylic acids is 1. The quantitative estimate of drug-likeness (QED) is 0.0665. The summed E-state index contributed by atoms with van der Waals surface area (Å²) in [5, 5.41) is 13.7. The van der Waals surface area contributed by atoms with Crippen LogP contribution >= 0.6 is 12.6 Å². The van der Waals surface area contributed by atoms with Gasteiger partial charge in [-0.25, -0.2) is 4.79 Å². The number of hydrogen-bond acceptors (Lipinski definition) is 7. The fraction of sp³-hybridized carbons (Fsp3) is 0.643. The number of carbonyl (C=O) groups excluding carboxylic acids is 3. The van der Waals surface area contributed by atoms with E-state index in [2.05, 4.69) is 28.3 Å². The maximum absolute atomic E-state index is 12.2. The van der Waals surface area contributed by atoms with Crippen LogP contribution in [0.15, 0.2) is 4.99 Å². The number of hydrogen-bond donors (Lipinski definition) is 8. The molecule has 13 heteroatoms. The summed E-state index contributed by atoms with van der Waals surface area (Å²) in [6.45, 7) is 0.306. The molecule has 3 unspecified atom stereocenters. The molecule has 0 heterocycles. The van der Waals surface area contributed by atoms with Crippen LogP contribution in [0, 0.1) is 0 Å². The zero-order chi connectivity index (χ0) is 21.0. The maximum Gasteiger partial charge on any atom is 0.326 e. The van der Waals surface area contributed by atoms with E-state index in [4.69, 9.17) is 28.0 Å². The third-order valence-corrected chi connectivity index (χ3v) is 3.78. The average Bonchev–Trinajstić information content (AvgIpc) is 2.58. The highest BCUT2D eigenvalue weighted by Crippen LogP contribution is 2.01. The van der Waals surface area contributed by atoms with E-state index in [1.807, 2.05) is 0 Å². The second-order valence-electron chi connectivity index (χ2n) is 5.70. The van der Waals surface area contributed by atoms with Gasteiger partial charge in [-0.05, 0) is 19.3 Å². The fourth-order valence-electron chi connectivity index (χ4n) is 1.94. The molecule has 0 aromatic heterocycles. The second kappa shape index (κ2) is 12.8. The third kappa shape index (κ3) is 10.9. The summed E-state index contributed by atoms with van der Waals surface area (Å²) in [6, 6.07) is -3.32. The van der Waals surface area contributed by atoms with Crippen molar-refractivity contribution >= 4 is 42.3 Å². The standard InChI is InChI=1S/C14H27N7O5S/c15-7(2-1-5-19-14(17)18)11(23)21-9(6-27)12(24)20-8(13(25)26)3-4-10(16)22/h7-9,27H,1-6,15H2,(H2,16,22)(H,20,24)(H,21,23)(H,25,26)(H4,17,18,19). The highest BCUT2D eigenvalue weighted by molar-refractivity contribution is 7.80. The Hall–Kier alpha value is -2.54. The molecule has 0 radical (unpaired) electrons. The number of guanidine groups is 1. The van der Waals surface area contributed by atoms with E-state index in [-0.39, 0.29) is 31.0 Å². The van der Waals surface area contributed by atoms with Crippen LogP contribution in [0.5, 0.6) is 0 Å². The van der Waals surface area contributed by atoms with Gasteiger partial charge >= 0.3 is 5.97 Å². The van der Waals surface area contributed by atoms with Crippen molar-refractivity contribution in [2.24, 2.45) is 27.9 Å². The van der Waals surface area contributed by atoms with Gasteiger partial charge in [-0.1, -0.05) is 0 Å². The molecule has 3 atom stereocenters. The first-order chi connectivity index (χ1) is 12.6. The minimum absolute atomic E-state index is 0.0656. The Morgan fingerprint density at radius 1 is 1.00 bits per heavy atom. The van der Waals surface area contributed by atoms with Crippen molar-refractivity contribution in [3.63, 3.8) is 0 Å². The Morgan fingerprint density at radius 3 is 2.07 bits per heavy atom. The van der Waals surface area contributed by atoms with Crippen LogP contribution in [0.3, 0.4) is 0 Å². The van der Waals surface area contributed by atoms with Crippen molar-refractivity contribution in [2.75, 3.05) is 12.3 Å². The van der Waals surface area contributed by atoms with Gasteiger partial charge in [0.1, 0.15) is 12.1 Å². The number of aliphatic carboxylic acids is 1. The van der Waals surface area contributed by atoms with Crippen LogP contribution in [0.2, 0.25) is 0 Å². The van der Waals surface area contributed by atoms with Crippen LogP contribution in [0.25, 0.3) is 0 Å². The first-order valence-electron chi connectivity index (χ1n) is 8.12. The summed E-state index contributed by atoms with van der Waals surface area (Å²) >= 11 is 3.98. The first kappa shape index (κ1) is 24.5. The van der Waals surface area contributed by atoms with E-state index >= 15 is 0 Å². The van der Waals surface area contributed by atoms with Gasteiger partial charge < -0.3 is 38.7 Å². The second-order valence-corrected chi connectivity index (χ2v) is 6.07. The molecule has 0 saturated carbocycles. The zero-order valence-electron chi connectivity index (χ0n) is 14.8. The topological polar surface area (TPSA) is 229 Å². The minimum Gasteiger partial charge on any atom is -0.480 e. The Bertz CT molecular complexity index is 568. The van der Waals surface area contributed by atoms with E-state index in [0.29, 0.717) is 13.0 Å². The summed E-state index contributed by atoms with van der Waals surface area (Å²) in [7, 11) is 0. The van der Waals surface area contributed by atoms with Gasteiger partial charge in [-0.2, -0.15) is 12.6 Å². The molecule has 0 saturated heterocycles. The number of nitrogens with zero attached hydrogens (tertiary/aromatic N) is 1. The minimum atomic E-state index is -1.33. The van der Waals surface area contributed by atoms with E-state index in [0.717, 1.165) is 0 Å². The number of amides is 3. The van der Waals surface area contributed by atoms with Crippen molar-refractivity contribution in [1.29, 1.82) is 0 Å². The number of nitrogens with one attached hydrogen (secondary N) is 2. The number of carboxylic acid groups (broad SMARTS) is 1.